The molecule has 4 heteroatoms. The van der Waals surface area contributed by atoms with Crippen molar-refractivity contribution in [2.75, 3.05) is 0 Å². The van der Waals surface area contributed by atoms with Gasteiger partial charge in [-0.25, -0.2) is 9.50 Å². The maximum absolute atomic E-state index is 8.18. The summed E-state index contributed by atoms with van der Waals surface area (Å²) in [6.45, 7) is 0. The van der Waals surface area contributed by atoms with Crippen LogP contribution in [0, 0.1) is 5.41 Å². The molecule has 2 heterocycles. The molecule has 0 aliphatic heterocycles. The summed E-state index contributed by atoms with van der Waals surface area (Å²) in [5.74, 6) is 0. The van der Waals surface area contributed by atoms with E-state index in [9.17, 15) is 0 Å². The molecule has 0 saturated heterocycles. The fraction of sp³-hybridized carbons (Fsp3) is 0. The van der Waals surface area contributed by atoms with Gasteiger partial charge in [0.15, 0.2) is 11.1 Å². The van der Waals surface area contributed by atoms with E-state index < -0.39 is 0 Å². The van der Waals surface area contributed by atoms with Crippen molar-refractivity contribution in [3.63, 3.8) is 0 Å². The average Bonchev–Trinajstić information content (AvgIpc) is 2.55. The predicted octanol–water partition coefficient (Wildman–Crippen LogP) is 3.03. The fourth-order valence-corrected chi connectivity index (χ4v) is 2.49. The summed E-state index contributed by atoms with van der Waals surface area (Å²) >= 11 is 0. The van der Waals surface area contributed by atoms with Gasteiger partial charge in [0.25, 0.3) is 0 Å². The van der Waals surface area contributed by atoms with Crippen LogP contribution in [-0.2, 0) is 0 Å². The van der Waals surface area contributed by atoms with E-state index in [4.69, 9.17) is 5.41 Å². The van der Waals surface area contributed by atoms with Crippen molar-refractivity contribution < 1.29 is 0 Å². The van der Waals surface area contributed by atoms with Crippen LogP contribution in [0.3, 0.4) is 0 Å². The summed E-state index contributed by atoms with van der Waals surface area (Å²) in [5.41, 5.74) is 2.39. The van der Waals surface area contributed by atoms with Gasteiger partial charge in [0, 0.05) is 17.1 Å². The number of hydrogen-bond donors (Lipinski definition) is 1. The first-order chi connectivity index (χ1) is 10.3. The molecular weight excluding hydrogens is 260 g/mol. The van der Waals surface area contributed by atoms with Crippen LogP contribution in [0.1, 0.15) is 0 Å². The summed E-state index contributed by atoms with van der Waals surface area (Å²) in [4.78, 5) is 4.45. The standard InChI is InChI=1S/C17H12N4/c18-16-15(13-7-2-1-3-8-13)20-21-11-10-12-6-4-5-9-14(12)17(21)19-16/h1-11,18H. The molecule has 0 fully saturated rings. The quantitative estimate of drug-likeness (QED) is 0.541. The first kappa shape index (κ1) is 11.8. The number of nitrogens with zero attached hydrogens (tertiary/aromatic N) is 3. The molecule has 4 nitrogen and oxygen atoms in total. The molecule has 21 heavy (non-hydrogen) atoms. The van der Waals surface area contributed by atoms with Crippen LogP contribution < -0.4 is 5.49 Å². The Morgan fingerprint density at radius 2 is 1.62 bits per heavy atom. The molecule has 0 amide bonds. The summed E-state index contributed by atoms with van der Waals surface area (Å²) in [6, 6.07) is 19.7. The number of fused-ring (bicyclic) bond motifs is 3. The van der Waals surface area contributed by atoms with Gasteiger partial charge in [-0.1, -0.05) is 54.6 Å². The Kier molecular flexibility index (Phi) is 2.54. The average molecular weight is 272 g/mol. The third-order valence-electron chi connectivity index (χ3n) is 3.51. The lowest BCUT2D eigenvalue weighted by Gasteiger charge is -2.07. The first-order valence-electron chi connectivity index (χ1n) is 6.71. The van der Waals surface area contributed by atoms with Gasteiger partial charge in [0.2, 0.25) is 0 Å². The Morgan fingerprint density at radius 1 is 0.857 bits per heavy atom. The van der Waals surface area contributed by atoms with Gasteiger partial charge in [-0.3, -0.25) is 5.41 Å². The number of hydrogen-bond acceptors (Lipinski definition) is 3. The van der Waals surface area contributed by atoms with Gasteiger partial charge in [-0.15, -0.1) is 0 Å². The van der Waals surface area contributed by atoms with Crippen LogP contribution in [0.25, 0.3) is 27.7 Å². The normalized spacial score (nSPS) is 11.0. The van der Waals surface area contributed by atoms with E-state index in [1.807, 2.05) is 66.9 Å². The minimum Gasteiger partial charge on any atom is -0.281 e. The van der Waals surface area contributed by atoms with Crippen LogP contribution in [0.15, 0.2) is 66.9 Å². The number of rotatable bonds is 1. The number of pyridine rings is 1. The molecule has 0 spiro atoms. The number of aromatic nitrogens is 3. The van der Waals surface area contributed by atoms with Crippen molar-refractivity contribution in [3.05, 3.63) is 72.3 Å². The van der Waals surface area contributed by atoms with Crippen molar-refractivity contribution in [3.8, 4) is 11.3 Å². The topological polar surface area (TPSA) is 54.0 Å². The van der Waals surface area contributed by atoms with Crippen LogP contribution >= 0.6 is 0 Å². The molecule has 4 rings (SSSR count). The van der Waals surface area contributed by atoms with E-state index in [0.29, 0.717) is 11.3 Å². The zero-order valence-corrected chi connectivity index (χ0v) is 11.2. The lowest BCUT2D eigenvalue weighted by molar-refractivity contribution is 0.876. The zero-order chi connectivity index (χ0) is 14.2. The van der Waals surface area contributed by atoms with Crippen molar-refractivity contribution >= 4 is 16.4 Å². The molecule has 0 aliphatic carbocycles. The Hall–Kier alpha value is -3.01. The van der Waals surface area contributed by atoms with Gasteiger partial charge < -0.3 is 0 Å². The maximum atomic E-state index is 8.18. The molecule has 0 radical (unpaired) electrons. The molecule has 0 saturated carbocycles. The first-order valence-corrected chi connectivity index (χ1v) is 6.71. The SMILES string of the molecule is N=c1nc2c3ccccc3ccn2nc1-c1ccccc1. The molecule has 2 aromatic heterocycles. The Morgan fingerprint density at radius 3 is 2.48 bits per heavy atom. The Bertz CT molecular complexity index is 1000. The van der Waals surface area contributed by atoms with Crippen molar-refractivity contribution in [2.24, 2.45) is 0 Å². The second kappa shape index (κ2) is 4.52. The molecule has 100 valence electrons. The van der Waals surface area contributed by atoms with Gasteiger partial charge >= 0.3 is 0 Å². The predicted molar refractivity (Wildman–Crippen MR) is 81.8 cm³/mol. The minimum absolute atomic E-state index is 0.192. The summed E-state index contributed by atoms with van der Waals surface area (Å²) < 4.78 is 1.74. The molecule has 1 N–H and O–H groups in total. The van der Waals surface area contributed by atoms with Crippen LogP contribution in [-0.4, -0.2) is 14.6 Å². The van der Waals surface area contributed by atoms with E-state index >= 15 is 0 Å². The van der Waals surface area contributed by atoms with Gasteiger partial charge in [-0.2, -0.15) is 5.10 Å². The lowest BCUT2D eigenvalue weighted by atomic mass is 10.1. The molecule has 2 aromatic carbocycles. The highest BCUT2D eigenvalue weighted by atomic mass is 15.2. The number of benzene rings is 2. The summed E-state index contributed by atoms with van der Waals surface area (Å²) in [5, 5.41) is 14.8. The second-order valence-corrected chi connectivity index (χ2v) is 4.85. The third-order valence-corrected chi connectivity index (χ3v) is 3.51. The van der Waals surface area contributed by atoms with E-state index in [-0.39, 0.29) is 5.49 Å². The van der Waals surface area contributed by atoms with Crippen LogP contribution in [0.4, 0.5) is 0 Å². The van der Waals surface area contributed by atoms with Crippen molar-refractivity contribution in [2.45, 2.75) is 0 Å². The fourth-order valence-electron chi connectivity index (χ4n) is 2.49. The van der Waals surface area contributed by atoms with E-state index in [1.54, 1.807) is 4.52 Å². The molecule has 4 aromatic rings. The third kappa shape index (κ3) is 1.89. The maximum Gasteiger partial charge on any atom is 0.175 e. The highest BCUT2D eigenvalue weighted by Gasteiger charge is 2.07. The zero-order valence-electron chi connectivity index (χ0n) is 11.2. The molecule has 0 unspecified atom stereocenters. The Balaban J connectivity index is 2.08. The smallest absolute Gasteiger partial charge is 0.175 e. The second-order valence-electron chi connectivity index (χ2n) is 4.85. The highest BCUT2D eigenvalue weighted by molar-refractivity contribution is 5.93. The highest BCUT2D eigenvalue weighted by Crippen LogP contribution is 2.18. The summed E-state index contributed by atoms with van der Waals surface area (Å²) in [6.07, 6.45) is 1.89. The molecule has 0 aliphatic rings. The van der Waals surface area contributed by atoms with Crippen molar-refractivity contribution in [1.82, 2.24) is 14.6 Å². The largest absolute Gasteiger partial charge is 0.281 e. The van der Waals surface area contributed by atoms with E-state index in [1.165, 1.54) is 0 Å². The monoisotopic (exact) mass is 272 g/mol. The molecule has 0 atom stereocenters. The van der Waals surface area contributed by atoms with E-state index in [2.05, 4.69) is 10.1 Å². The van der Waals surface area contributed by atoms with Crippen LogP contribution in [0.2, 0.25) is 0 Å². The van der Waals surface area contributed by atoms with Crippen molar-refractivity contribution in [1.29, 1.82) is 5.41 Å². The van der Waals surface area contributed by atoms with E-state index in [0.717, 1.165) is 16.3 Å². The van der Waals surface area contributed by atoms with Gasteiger partial charge in [0.05, 0.1) is 0 Å². The molecular formula is C17H12N4. The van der Waals surface area contributed by atoms with Crippen LogP contribution in [0.5, 0.6) is 0 Å². The van der Waals surface area contributed by atoms with Gasteiger partial charge in [0.1, 0.15) is 5.69 Å². The molecule has 0 bridgehead atoms. The minimum atomic E-state index is 0.192. The summed E-state index contributed by atoms with van der Waals surface area (Å²) in [7, 11) is 0. The number of nitrogens with one attached hydrogen (secondary N) is 1. The van der Waals surface area contributed by atoms with Gasteiger partial charge in [-0.05, 0) is 11.5 Å². The Labute approximate surface area is 120 Å². The lowest BCUT2D eigenvalue weighted by Crippen LogP contribution is -2.16.